The van der Waals surface area contributed by atoms with Crippen molar-refractivity contribution >= 4 is 5.97 Å². The van der Waals surface area contributed by atoms with Crippen molar-refractivity contribution in [2.75, 3.05) is 6.61 Å². The predicted octanol–water partition coefficient (Wildman–Crippen LogP) is 3.91. The van der Waals surface area contributed by atoms with Gasteiger partial charge in [0, 0.05) is 5.92 Å². The van der Waals surface area contributed by atoms with Crippen LogP contribution in [0.2, 0.25) is 0 Å². The topological polar surface area (TPSA) is 35.5 Å². The Labute approximate surface area is 127 Å². The van der Waals surface area contributed by atoms with E-state index < -0.39 is 0 Å². The molecule has 0 aliphatic carbocycles. The van der Waals surface area contributed by atoms with E-state index in [4.69, 9.17) is 9.47 Å². The van der Waals surface area contributed by atoms with Gasteiger partial charge in [-0.05, 0) is 32.8 Å². The van der Waals surface area contributed by atoms with Crippen LogP contribution in [0.5, 0.6) is 0 Å². The fraction of sp³-hybridized carbons (Fsp3) is 0.500. The highest BCUT2D eigenvalue weighted by Gasteiger charge is 2.40. The first-order valence-electron chi connectivity index (χ1n) is 7.57. The van der Waals surface area contributed by atoms with E-state index in [2.05, 4.69) is 18.7 Å². The molecule has 1 aromatic carbocycles. The molecule has 0 bridgehead atoms. The number of benzene rings is 1. The van der Waals surface area contributed by atoms with Crippen LogP contribution in [0.15, 0.2) is 42.5 Å². The Morgan fingerprint density at radius 1 is 1.33 bits per heavy atom. The van der Waals surface area contributed by atoms with E-state index in [0.29, 0.717) is 6.61 Å². The van der Waals surface area contributed by atoms with Gasteiger partial charge in [0.05, 0.1) is 24.7 Å². The number of rotatable bonds is 4. The van der Waals surface area contributed by atoms with E-state index in [1.807, 2.05) is 39.0 Å². The molecule has 0 saturated carbocycles. The molecule has 114 valence electrons. The molecule has 0 radical (unpaired) electrons. The van der Waals surface area contributed by atoms with Gasteiger partial charge in [0.2, 0.25) is 0 Å². The number of ether oxygens (including phenoxy) is 2. The van der Waals surface area contributed by atoms with Gasteiger partial charge in [-0.3, -0.25) is 4.79 Å². The van der Waals surface area contributed by atoms with Gasteiger partial charge >= 0.3 is 5.97 Å². The summed E-state index contributed by atoms with van der Waals surface area (Å²) in [6.07, 6.45) is 0.545. The van der Waals surface area contributed by atoms with E-state index in [-0.39, 0.29) is 30.0 Å². The fourth-order valence-electron chi connectivity index (χ4n) is 2.96. The first kappa shape index (κ1) is 15.8. The van der Waals surface area contributed by atoms with Crippen LogP contribution in [-0.4, -0.2) is 18.7 Å². The Kier molecular flexibility index (Phi) is 5.18. The molecular formula is C18H24O3. The minimum absolute atomic E-state index is 0.0376. The highest BCUT2D eigenvalue weighted by Crippen LogP contribution is 2.42. The maximum absolute atomic E-state index is 12.1. The van der Waals surface area contributed by atoms with Crippen molar-refractivity contribution in [1.29, 1.82) is 0 Å². The zero-order valence-corrected chi connectivity index (χ0v) is 13.0. The number of carbonyl (C=O) groups is 1. The lowest BCUT2D eigenvalue weighted by Crippen LogP contribution is -2.40. The summed E-state index contributed by atoms with van der Waals surface area (Å²) in [4.78, 5) is 12.1. The quantitative estimate of drug-likeness (QED) is 0.622. The van der Waals surface area contributed by atoms with Crippen molar-refractivity contribution in [2.45, 2.75) is 39.4 Å². The average molecular weight is 288 g/mol. The third kappa shape index (κ3) is 3.53. The molecule has 3 nitrogen and oxygen atoms in total. The molecule has 0 amide bonds. The highest BCUT2D eigenvalue weighted by atomic mass is 16.5. The van der Waals surface area contributed by atoms with Gasteiger partial charge in [0.1, 0.15) is 0 Å². The highest BCUT2D eigenvalue weighted by molar-refractivity contribution is 5.73. The monoisotopic (exact) mass is 288 g/mol. The lowest BCUT2D eigenvalue weighted by atomic mass is 9.78. The van der Waals surface area contributed by atoms with E-state index in [1.54, 1.807) is 0 Å². The van der Waals surface area contributed by atoms with Crippen LogP contribution in [-0.2, 0) is 14.3 Å². The first-order chi connectivity index (χ1) is 10.0. The Balaban J connectivity index is 2.22. The SMILES string of the molecule is C=C(C)[C@@H]1C[C@H](C(=O)OCC)[C@@H](C)O[C@H]1c1ccccc1. The van der Waals surface area contributed by atoms with E-state index in [1.165, 1.54) is 0 Å². The normalized spacial score (nSPS) is 28.9. The standard InChI is InChI=1S/C18H24O3/c1-5-20-18(19)16-11-15(12(2)3)17(21-13(16)4)14-9-7-6-8-10-14/h6-10,13,15-17H,2,5,11H2,1,3-4H3/t13-,15+,16+,17+/m1/s1. The molecule has 1 fully saturated rings. The van der Waals surface area contributed by atoms with Crippen LogP contribution in [0.4, 0.5) is 0 Å². The van der Waals surface area contributed by atoms with Crippen molar-refractivity contribution in [3.63, 3.8) is 0 Å². The smallest absolute Gasteiger partial charge is 0.311 e. The zero-order valence-electron chi connectivity index (χ0n) is 13.0. The Hall–Kier alpha value is -1.61. The molecule has 0 N–H and O–H groups in total. The molecule has 4 atom stereocenters. The zero-order chi connectivity index (χ0) is 15.4. The van der Waals surface area contributed by atoms with Gasteiger partial charge in [0.15, 0.2) is 0 Å². The third-order valence-corrected chi connectivity index (χ3v) is 4.15. The summed E-state index contributed by atoms with van der Waals surface area (Å²) in [5.74, 6) is -0.243. The van der Waals surface area contributed by atoms with Crippen LogP contribution in [0, 0.1) is 11.8 Å². The summed E-state index contributed by atoms with van der Waals surface area (Å²) >= 11 is 0. The molecule has 1 aromatic rings. The fourth-order valence-corrected chi connectivity index (χ4v) is 2.96. The molecule has 21 heavy (non-hydrogen) atoms. The molecule has 1 aliphatic rings. The lowest BCUT2D eigenvalue weighted by molar-refractivity contribution is -0.166. The van der Waals surface area contributed by atoms with Crippen molar-refractivity contribution in [3.8, 4) is 0 Å². The van der Waals surface area contributed by atoms with Crippen molar-refractivity contribution in [3.05, 3.63) is 48.0 Å². The van der Waals surface area contributed by atoms with Crippen molar-refractivity contribution < 1.29 is 14.3 Å². The molecule has 2 rings (SSSR count). The molecule has 1 heterocycles. The van der Waals surface area contributed by atoms with Crippen LogP contribution >= 0.6 is 0 Å². The molecule has 1 saturated heterocycles. The van der Waals surface area contributed by atoms with Crippen LogP contribution in [0.25, 0.3) is 0 Å². The summed E-state index contributed by atoms with van der Waals surface area (Å²) in [5.41, 5.74) is 2.18. The molecule has 3 heteroatoms. The second-order valence-corrected chi connectivity index (χ2v) is 5.72. The van der Waals surface area contributed by atoms with E-state index >= 15 is 0 Å². The summed E-state index contributed by atoms with van der Waals surface area (Å²) in [6.45, 7) is 10.3. The maximum atomic E-state index is 12.1. The molecule has 1 aliphatic heterocycles. The summed E-state index contributed by atoms with van der Waals surface area (Å²) in [6, 6.07) is 10.1. The summed E-state index contributed by atoms with van der Waals surface area (Å²) in [5, 5.41) is 0. The Morgan fingerprint density at radius 2 is 2.00 bits per heavy atom. The van der Waals surface area contributed by atoms with E-state index in [9.17, 15) is 4.79 Å². The van der Waals surface area contributed by atoms with Crippen LogP contribution in [0.1, 0.15) is 38.9 Å². The first-order valence-corrected chi connectivity index (χ1v) is 7.57. The molecular weight excluding hydrogens is 264 g/mol. The van der Waals surface area contributed by atoms with Crippen LogP contribution in [0.3, 0.4) is 0 Å². The minimum atomic E-state index is -0.216. The van der Waals surface area contributed by atoms with Crippen LogP contribution < -0.4 is 0 Å². The number of hydrogen-bond acceptors (Lipinski definition) is 3. The van der Waals surface area contributed by atoms with Gasteiger partial charge < -0.3 is 9.47 Å². The summed E-state index contributed by atoms with van der Waals surface area (Å²) < 4.78 is 11.3. The molecule has 0 unspecified atom stereocenters. The number of carbonyl (C=O) groups excluding carboxylic acids is 1. The van der Waals surface area contributed by atoms with Gasteiger partial charge in [-0.2, -0.15) is 0 Å². The molecule has 0 spiro atoms. The second kappa shape index (κ2) is 6.90. The largest absolute Gasteiger partial charge is 0.466 e. The van der Waals surface area contributed by atoms with Crippen molar-refractivity contribution in [2.24, 2.45) is 11.8 Å². The number of esters is 1. The lowest BCUT2D eigenvalue weighted by Gasteiger charge is -2.40. The minimum Gasteiger partial charge on any atom is -0.466 e. The van der Waals surface area contributed by atoms with Crippen molar-refractivity contribution in [1.82, 2.24) is 0 Å². The maximum Gasteiger partial charge on any atom is 0.311 e. The van der Waals surface area contributed by atoms with Gasteiger partial charge in [-0.25, -0.2) is 0 Å². The third-order valence-electron chi connectivity index (χ3n) is 4.15. The van der Waals surface area contributed by atoms with Gasteiger partial charge in [-0.15, -0.1) is 0 Å². The van der Waals surface area contributed by atoms with Gasteiger partial charge in [-0.1, -0.05) is 42.5 Å². The molecule has 0 aromatic heterocycles. The summed E-state index contributed by atoms with van der Waals surface area (Å²) in [7, 11) is 0. The van der Waals surface area contributed by atoms with E-state index in [0.717, 1.165) is 17.6 Å². The second-order valence-electron chi connectivity index (χ2n) is 5.72. The average Bonchev–Trinajstić information content (AvgIpc) is 2.47. The Morgan fingerprint density at radius 3 is 2.57 bits per heavy atom. The van der Waals surface area contributed by atoms with Gasteiger partial charge in [0.25, 0.3) is 0 Å². The predicted molar refractivity (Wildman–Crippen MR) is 82.8 cm³/mol. The number of hydrogen-bond donors (Lipinski definition) is 0. The Bertz CT molecular complexity index is 494.